The minimum Gasteiger partial charge on any atom is -0.486 e. The number of rotatable bonds is 6. The van der Waals surface area contributed by atoms with Crippen LogP contribution in [0, 0.1) is 10.5 Å². The normalized spacial score (nSPS) is 10.7. The van der Waals surface area contributed by atoms with Crippen LogP contribution in [0.15, 0.2) is 34.7 Å². The number of hydrogen-bond acceptors (Lipinski definition) is 3. The van der Waals surface area contributed by atoms with Gasteiger partial charge in [-0.25, -0.2) is 0 Å². The van der Waals surface area contributed by atoms with Gasteiger partial charge in [0.2, 0.25) is 0 Å². The molecule has 0 aliphatic carbocycles. The van der Waals surface area contributed by atoms with Crippen molar-refractivity contribution in [2.75, 3.05) is 6.54 Å². The van der Waals surface area contributed by atoms with Gasteiger partial charge in [0.05, 0.1) is 0 Å². The molecule has 3 nitrogen and oxygen atoms in total. The fraction of sp³-hybridized carbons (Fsp3) is 0.333. The zero-order valence-electron chi connectivity index (χ0n) is 11.2. The largest absolute Gasteiger partial charge is 0.486 e. The van der Waals surface area contributed by atoms with Gasteiger partial charge in [-0.1, -0.05) is 13.0 Å². The molecule has 1 heterocycles. The molecule has 2 rings (SSSR count). The SMILES string of the molecule is CCNCc1cc(COc2cccc(I)c2)oc1C. The fourth-order valence-electron chi connectivity index (χ4n) is 1.81. The number of benzene rings is 1. The van der Waals surface area contributed by atoms with E-state index in [9.17, 15) is 0 Å². The van der Waals surface area contributed by atoms with Crippen LogP contribution in [0.1, 0.15) is 24.0 Å². The number of halogens is 1. The van der Waals surface area contributed by atoms with Crippen molar-refractivity contribution in [3.05, 3.63) is 51.0 Å². The van der Waals surface area contributed by atoms with Crippen LogP contribution in [-0.2, 0) is 13.2 Å². The molecular formula is C15H18INO2. The molecule has 0 unspecified atom stereocenters. The van der Waals surface area contributed by atoms with E-state index in [0.717, 1.165) is 30.4 Å². The van der Waals surface area contributed by atoms with E-state index in [1.54, 1.807) is 0 Å². The van der Waals surface area contributed by atoms with Crippen LogP contribution in [0.25, 0.3) is 0 Å². The summed E-state index contributed by atoms with van der Waals surface area (Å²) < 4.78 is 12.6. The first-order valence-electron chi connectivity index (χ1n) is 6.36. The molecule has 0 aliphatic heterocycles. The van der Waals surface area contributed by atoms with Crippen LogP contribution in [0.4, 0.5) is 0 Å². The molecule has 2 aromatic rings. The van der Waals surface area contributed by atoms with Crippen LogP contribution in [-0.4, -0.2) is 6.54 Å². The van der Waals surface area contributed by atoms with E-state index in [0.29, 0.717) is 6.61 Å². The Kier molecular flexibility index (Phi) is 5.27. The maximum absolute atomic E-state index is 5.73. The standard InChI is InChI=1S/C15H18INO2/c1-3-17-9-12-7-15(19-11(12)2)10-18-14-6-4-5-13(16)8-14/h4-8,17H,3,9-10H2,1-2H3. The minimum absolute atomic E-state index is 0.465. The molecule has 0 spiro atoms. The van der Waals surface area contributed by atoms with Gasteiger partial charge in [0.25, 0.3) is 0 Å². The molecule has 0 aliphatic rings. The molecule has 1 aromatic carbocycles. The van der Waals surface area contributed by atoms with Gasteiger partial charge in [0, 0.05) is 15.7 Å². The quantitative estimate of drug-likeness (QED) is 0.783. The van der Waals surface area contributed by atoms with Crippen molar-refractivity contribution < 1.29 is 9.15 Å². The molecule has 1 N–H and O–H groups in total. The second-order valence-electron chi connectivity index (χ2n) is 4.32. The highest BCUT2D eigenvalue weighted by molar-refractivity contribution is 14.1. The van der Waals surface area contributed by atoms with E-state index in [-0.39, 0.29) is 0 Å². The van der Waals surface area contributed by atoms with E-state index in [4.69, 9.17) is 9.15 Å². The zero-order chi connectivity index (χ0) is 13.7. The average molecular weight is 371 g/mol. The van der Waals surface area contributed by atoms with Crippen LogP contribution in [0.3, 0.4) is 0 Å². The minimum atomic E-state index is 0.465. The molecular weight excluding hydrogens is 353 g/mol. The first-order valence-corrected chi connectivity index (χ1v) is 7.44. The molecule has 0 amide bonds. The fourth-order valence-corrected chi connectivity index (χ4v) is 2.32. The summed E-state index contributed by atoms with van der Waals surface area (Å²) >= 11 is 2.27. The molecule has 0 atom stereocenters. The van der Waals surface area contributed by atoms with E-state index < -0.39 is 0 Å². The highest BCUT2D eigenvalue weighted by Gasteiger charge is 2.07. The maximum Gasteiger partial charge on any atom is 0.146 e. The molecule has 1 aromatic heterocycles. The van der Waals surface area contributed by atoms with Crippen molar-refractivity contribution >= 4 is 22.6 Å². The summed E-state index contributed by atoms with van der Waals surface area (Å²) in [5, 5.41) is 3.30. The number of nitrogens with one attached hydrogen (secondary N) is 1. The predicted octanol–water partition coefficient (Wildman–Crippen LogP) is 3.88. The summed E-state index contributed by atoms with van der Waals surface area (Å²) in [7, 11) is 0. The van der Waals surface area contributed by atoms with E-state index in [2.05, 4.69) is 40.9 Å². The number of aryl methyl sites for hydroxylation is 1. The third-order valence-electron chi connectivity index (χ3n) is 2.81. The van der Waals surface area contributed by atoms with Gasteiger partial charge in [-0.05, 0) is 60.3 Å². The van der Waals surface area contributed by atoms with Gasteiger partial charge in [0.15, 0.2) is 0 Å². The van der Waals surface area contributed by atoms with Crippen LogP contribution in [0.2, 0.25) is 0 Å². The monoisotopic (exact) mass is 371 g/mol. The summed E-state index contributed by atoms with van der Waals surface area (Å²) in [6.07, 6.45) is 0. The van der Waals surface area contributed by atoms with Crippen LogP contribution < -0.4 is 10.1 Å². The van der Waals surface area contributed by atoms with E-state index in [1.807, 2.05) is 31.2 Å². The average Bonchev–Trinajstić information content (AvgIpc) is 2.75. The second kappa shape index (κ2) is 6.96. The highest BCUT2D eigenvalue weighted by Crippen LogP contribution is 2.19. The van der Waals surface area contributed by atoms with Crippen molar-refractivity contribution in [1.82, 2.24) is 5.32 Å². The number of ether oxygens (including phenoxy) is 1. The first kappa shape index (κ1) is 14.4. The van der Waals surface area contributed by atoms with Gasteiger partial charge >= 0.3 is 0 Å². The molecule has 0 saturated heterocycles. The Labute approximate surface area is 127 Å². The lowest BCUT2D eigenvalue weighted by Crippen LogP contribution is -2.11. The number of hydrogen-bond donors (Lipinski definition) is 1. The van der Waals surface area contributed by atoms with Crippen molar-refractivity contribution in [2.45, 2.75) is 27.0 Å². The molecule has 0 saturated carbocycles. The third kappa shape index (κ3) is 4.24. The number of furan rings is 1. The topological polar surface area (TPSA) is 34.4 Å². The lowest BCUT2D eigenvalue weighted by Gasteiger charge is -2.03. The maximum atomic E-state index is 5.73. The summed E-state index contributed by atoms with van der Waals surface area (Å²) in [5.74, 6) is 2.70. The summed E-state index contributed by atoms with van der Waals surface area (Å²) in [6.45, 7) is 6.35. The zero-order valence-corrected chi connectivity index (χ0v) is 13.4. The highest BCUT2D eigenvalue weighted by atomic mass is 127. The van der Waals surface area contributed by atoms with Crippen molar-refractivity contribution in [3.8, 4) is 5.75 Å². The lowest BCUT2D eigenvalue weighted by atomic mass is 10.2. The molecule has 0 bridgehead atoms. The smallest absolute Gasteiger partial charge is 0.146 e. The molecule has 19 heavy (non-hydrogen) atoms. The Morgan fingerprint density at radius 2 is 2.16 bits per heavy atom. The molecule has 102 valence electrons. The Balaban J connectivity index is 1.96. The van der Waals surface area contributed by atoms with Crippen molar-refractivity contribution in [3.63, 3.8) is 0 Å². The molecule has 4 heteroatoms. The second-order valence-corrected chi connectivity index (χ2v) is 5.57. The Morgan fingerprint density at radius 3 is 2.89 bits per heavy atom. The van der Waals surface area contributed by atoms with Gasteiger partial charge in [-0.3, -0.25) is 0 Å². The lowest BCUT2D eigenvalue weighted by molar-refractivity contribution is 0.267. The third-order valence-corrected chi connectivity index (χ3v) is 3.49. The van der Waals surface area contributed by atoms with Crippen molar-refractivity contribution in [1.29, 1.82) is 0 Å². The van der Waals surface area contributed by atoms with E-state index >= 15 is 0 Å². The predicted molar refractivity (Wildman–Crippen MR) is 84.3 cm³/mol. The van der Waals surface area contributed by atoms with Gasteiger partial charge < -0.3 is 14.5 Å². The van der Waals surface area contributed by atoms with Crippen molar-refractivity contribution in [2.24, 2.45) is 0 Å². The Hall–Kier alpha value is -1.01. The van der Waals surface area contributed by atoms with E-state index in [1.165, 1.54) is 9.13 Å². The van der Waals surface area contributed by atoms with Crippen LogP contribution >= 0.6 is 22.6 Å². The Bertz CT molecular complexity index is 537. The molecule has 0 radical (unpaired) electrons. The van der Waals surface area contributed by atoms with Gasteiger partial charge in [0.1, 0.15) is 23.9 Å². The molecule has 0 fully saturated rings. The Morgan fingerprint density at radius 1 is 1.32 bits per heavy atom. The van der Waals surface area contributed by atoms with Gasteiger partial charge in [-0.2, -0.15) is 0 Å². The van der Waals surface area contributed by atoms with Gasteiger partial charge in [-0.15, -0.1) is 0 Å². The first-order chi connectivity index (χ1) is 9.19. The summed E-state index contributed by atoms with van der Waals surface area (Å²) in [4.78, 5) is 0. The summed E-state index contributed by atoms with van der Waals surface area (Å²) in [5.41, 5.74) is 1.20. The summed E-state index contributed by atoms with van der Waals surface area (Å²) in [6, 6.07) is 10.1. The van der Waals surface area contributed by atoms with Crippen LogP contribution in [0.5, 0.6) is 5.75 Å².